The van der Waals surface area contributed by atoms with E-state index >= 15 is 0 Å². The Balaban J connectivity index is 1.97. The lowest BCUT2D eigenvalue weighted by Gasteiger charge is -2.28. The van der Waals surface area contributed by atoms with Gasteiger partial charge in [0, 0.05) is 16.8 Å². The molecule has 1 aromatic heterocycles. The van der Waals surface area contributed by atoms with Crippen molar-refractivity contribution in [1.29, 1.82) is 0 Å². The SMILES string of the molecule is CCN1CCCC(O)(c2cccc3ccsc23)CC1. The molecule has 3 rings (SSSR count). The number of hydrogen-bond donors (Lipinski definition) is 1. The van der Waals surface area contributed by atoms with Crippen LogP contribution >= 0.6 is 11.3 Å². The number of likely N-dealkylation sites (tertiary alicyclic amines) is 1. The van der Waals surface area contributed by atoms with Crippen molar-refractivity contribution in [2.75, 3.05) is 19.6 Å². The van der Waals surface area contributed by atoms with E-state index in [4.69, 9.17) is 0 Å². The molecule has 3 heteroatoms. The summed E-state index contributed by atoms with van der Waals surface area (Å²) in [6.45, 7) is 5.39. The van der Waals surface area contributed by atoms with Crippen molar-refractivity contribution in [3.05, 3.63) is 35.2 Å². The Labute approximate surface area is 118 Å². The van der Waals surface area contributed by atoms with Crippen molar-refractivity contribution in [1.82, 2.24) is 4.90 Å². The molecule has 0 spiro atoms. The molecule has 1 atom stereocenters. The van der Waals surface area contributed by atoms with Gasteiger partial charge in [0.2, 0.25) is 0 Å². The van der Waals surface area contributed by atoms with Crippen LogP contribution in [-0.4, -0.2) is 29.6 Å². The fourth-order valence-corrected chi connectivity index (χ4v) is 4.13. The van der Waals surface area contributed by atoms with Crippen molar-refractivity contribution in [3.63, 3.8) is 0 Å². The predicted octanol–water partition coefficient (Wildman–Crippen LogP) is 3.59. The van der Waals surface area contributed by atoms with E-state index in [1.807, 2.05) is 0 Å². The molecule has 0 saturated carbocycles. The zero-order chi connectivity index (χ0) is 13.3. The molecule has 1 fully saturated rings. The van der Waals surface area contributed by atoms with Crippen molar-refractivity contribution < 1.29 is 5.11 Å². The van der Waals surface area contributed by atoms with Crippen LogP contribution in [-0.2, 0) is 5.60 Å². The molecule has 2 nitrogen and oxygen atoms in total. The van der Waals surface area contributed by atoms with E-state index in [9.17, 15) is 5.11 Å². The highest BCUT2D eigenvalue weighted by Crippen LogP contribution is 2.38. The van der Waals surface area contributed by atoms with Crippen LogP contribution in [0.15, 0.2) is 29.6 Å². The minimum Gasteiger partial charge on any atom is -0.385 e. The topological polar surface area (TPSA) is 23.5 Å². The van der Waals surface area contributed by atoms with E-state index in [2.05, 4.69) is 41.5 Å². The maximum absolute atomic E-state index is 11.1. The van der Waals surface area contributed by atoms with Gasteiger partial charge in [-0.15, -0.1) is 11.3 Å². The van der Waals surface area contributed by atoms with Crippen LogP contribution in [0.5, 0.6) is 0 Å². The molecular formula is C16H21NOS. The molecule has 1 saturated heterocycles. The van der Waals surface area contributed by atoms with E-state index < -0.39 is 5.60 Å². The molecule has 1 aromatic carbocycles. The van der Waals surface area contributed by atoms with Gasteiger partial charge in [-0.2, -0.15) is 0 Å². The molecule has 2 aromatic rings. The number of fused-ring (bicyclic) bond motifs is 1. The van der Waals surface area contributed by atoms with Gasteiger partial charge < -0.3 is 10.0 Å². The molecule has 0 amide bonds. The smallest absolute Gasteiger partial charge is 0.0923 e. The van der Waals surface area contributed by atoms with Crippen LogP contribution in [0, 0.1) is 0 Å². The third kappa shape index (κ3) is 2.42. The molecule has 19 heavy (non-hydrogen) atoms. The molecule has 1 aliphatic heterocycles. The van der Waals surface area contributed by atoms with Crippen LogP contribution < -0.4 is 0 Å². The van der Waals surface area contributed by atoms with Crippen molar-refractivity contribution >= 4 is 21.4 Å². The fraction of sp³-hybridized carbons (Fsp3) is 0.500. The Kier molecular flexibility index (Phi) is 3.61. The molecule has 2 heterocycles. The van der Waals surface area contributed by atoms with Crippen LogP contribution in [0.3, 0.4) is 0 Å². The first-order valence-corrected chi connectivity index (χ1v) is 8.02. The standard InChI is InChI=1S/C16H21NOS/c1-2-17-10-4-8-16(18,9-11-17)14-6-3-5-13-7-12-19-15(13)14/h3,5-7,12,18H,2,4,8-11H2,1H3. The maximum atomic E-state index is 11.1. The second-order valence-corrected chi connectivity index (χ2v) is 6.38. The minimum absolute atomic E-state index is 0.645. The number of thiophene rings is 1. The quantitative estimate of drug-likeness (QED) is 0.905. The maximum Gasteiger partial charge on any atom is 0.0923 e. The molecule has 0 aliphatic carbocycles. The Morgan fingerprint density at radius 3 is 3.00 bits per heavy atom. The zero-order valence-corrected chi connectivity index (χ0v) is 12.2. The van der Waals surface area contributed by atoms with Gasteiger partial charge in [-0.1, -0.05) is 25.1 Å². The molecule has 0 bridgehead atoms. The summed E-state index contributed by atoms with van der Waals surface area (Å²) in [6, 6.07) is 8.46. The molecular weight excluding hydrogens is 254 g/mol. The lowest BCUT2D eigenvalue weighted by atomic mass is 9.86. The number of hydrogen-bond acceptors (Lipinski definition) is 3. The highest BCUT2D eigenvalue weighted by Gasteiger charge is 2.33. The first-order valence-electron chi connectivity index (χ1n) is 7.14. The molecule has 1 aliphatic rings. The highest BCUT2D eigenvalue weighted by molar-refractivity contribution is 7.17. The van der Waals surface area contributed by atoms with Gasteiger partial charge in [-0.25, -0.2) is 0 Å². The largest absolute Gasteiger partial charge is 0.385 e. The van der Waals surface area contributed by atoms with Crippen molar-refractivity contribution in [2.24, 2.45) is 0 Å². The van der Waals surface area contributed by atoms with E-state index in [-0.39, 0.29) is 0 Å². The fourth-order valence-electron chi connectivity index (χ4n) is 3.12. The monoisotopic (exact) mass is 275 g/mol. The Hall–Kier alpha value is -0.900. The average Bonchev–Trinajstić information content (AvgIpc) is 2.82. The first-order chi connectivity index (χ1) is 9.23. The Bertz CT molecular complexity index is 565. The number of nitrogens with zero attached hydrogens (tertiary/aromatic N) is 1. The van der Waals surface area contributed by atoms with Gasteiger partial charge in [-0.05, 0) is 49.2 Å². The summed E-state index contributed by atoms with van der Waals surface area (Å²) in [6.07, 6.45) is 2.80. The Morgan fingerprint density at radius 2 is 2.16 bits per heavy atom. The summed E-state index contributed by atoms with van der Waals surface area (Å²) in [5.41, 5.74) is 0.492. The normalized spacial score (nSPS) is 25.6. The molecule has 1 N–H and O–H groups in total. The van der Waals surface area contributed by atoms with E-state index in [1.54, 1.807) is 11.3 Å². The van der Waals surface area contributed by atoms with Gasteiger partial charge in [-0.3, -0.25) is 0 Å². The molecule has 1 unspecified atom stereocenters. The summed E-state index contributed by atoms with van der Waals surface area (Å²) in [4.78, 5) is 2.44. The van der Waals surface area contributed by atoms with Crippen molar-refractivity contribution in [3.8, 4) is 0 Å². The van der Waals surface area contributed by atoms with E-state index in [1.165, 1.54) is 10.1 Å². The summed E-state index contributed by atoms with van der Waals surface area (Å²) in [7, 11) is 0. The summed E-state index contributed by atoms with van der Waals surface area (Å²) in [5, 5.41) is 14.5. The second kappa shape index (κ2) is 5.23. The van der Waals surface area contributed by atoms with Gasteiger partial charge >= 0.3 is 0 Å². The lowest BCUT2D eigenvalue weighted by Crippen LogP contribution is -2.29. The summed E-state index contributed by atoms with van der Waals surface area (Å²) < 4.78 is 1.26. The zero-order valence-electron chi connectivity index (χ0n) is 11.4. The lowest BCUT2D eigenvalue weighted by molar-refractivity contribution is 0.0230. The number of benzene rings is 1. The van der Waals surface area contributed by atoms with Crippen molar-refractivity contribution in [2.45, 2.75) is 31.8 Å². The number of aliphatic hydroxyl groups is 1. The van der Waals surface area contributed by atoms with E-state index in [0.717, 1.165) is 44.5 Å². The van der Waals surface area contributed by atoms with Gasteiger partial charge in [0.05, 0.1) is 5.60 Å². The third-order valence-corrected chi connectivity index (χ3v) is 5.30. The van der Waals surface area contributed by atoms with Crippen LogP contribution in [0.25, 0.3) is 10.1 Å². The van der Waals surface area contributed by atoms with Gasteiger partial charge in [0.15, 0.2) is 0 Å². The van der Waals surface area contributed by atoms with E-state index in [0.29, 0.717) is 0 Å². The Morgan fingerprint density at radius 1 is 1.26 bits per heavy atom. The first kappa shape index (κ1) is 13.1. The third-order valence-electron chi connectivity index (χ3n) is 4.33. The van der Waals surface area contributed by atoms with Gasteiger partial charge in [0.25, 0.3) is 0 Å². The van der Waals surface area contributed by atoms with Crippen LogP contribution in [0.2, 0.25) is 0 Å². The highest BCUT2D eigenvalue weighted by atomic mass is 32.1. The molecule has 0 radical (unpaired) electrons. The van der Waals surface area contributed by atoms with Crippen LogP contribution in [0.4, 0.5) is 0 Å². The summed E-state index contributed by atoms with van der Waals surface area (Å²) in [5.74, 6) is 0. The van der Waals surface area contributed by atoms with Crippen LogP contribution in [0.1, 0.15) is 31.7 Å². The minimum atomic E-state index is -0.645. The average molecular weight is 275 g/mol. The van der Waals surface area contributed by atoms with Gasteiger partial charge in [0.1, 0.15) is 0 Å². The summed E-state index contributed by atoms with van der Waals surface area (Å²) >= 11 is 1.75. The number of rotatable bonds is 2. The molecule has 102 valence electrons. The predicted molar refractivity (Wildman–Crippen MR) is 81.7 cm³/mol. The second-order valence-electron chi connectivity index (χ2n) is 5.46.